The van der Waals surface area contributed by atoms with Gasteiger partial charge < -0.3 is 16.5 Å². The van der Waals surface area contributed by atoms with Crippen LogP contribution >= 0.6 is 0 Å². The van der Waals surface area contributed by atoms with Crippen LogP contribution in [0.2, 0.25) is 0 Å². The summed E-state index contributed by atoms with van der Waals surface area (Å²) < 4.78 is 0. The van der Waals surface area contributed by atoms with Gasteiger partial charge in [0, 0.05) is 40.2 Å². The van der Waals surface area contributed by atoms with Gasteiger partial charge in [0.1, 0.15) is 5.65 Å². The molecule has 27 heavy (non-hydrogen) atoms. The standard InChI is InChI=1S/C20H18N6O/c1-2-14-8-17(26-20(22)25-14)16-10-24-19-15(16)7-13(9-23-19)11-3-5-12(6-4-11)18(21)27/h3-10H,2H2,1H3,(H2,21,27)(H,23,24)(H2,22,25,26). The lowest BCUT2D eigenvalue weighted by atomic mass is 10.0. The first kappa shape index (κ1) is 16.7. The van der Waals surface area contributed by atoms with Crippen LogP contribution in [0.25, 0.3) is 33.4 Å². The molecule has 1 amide bonds. The van der Waals surface area contributed by atoms with E-state index in [1.54, 1.807) is 18.3 Å². The normalized spacial score (nSPS) is 11.0. The van der Waals surface area contributed by atoms with Crippen molar-refractivity contribution in [2.75, 3.05) is 5.73 Å². The van der Waals surface area contributed by atoms with E-state index in [0.29, 0.717) is 5.56 Å². The highest BCUT2D eigenvalue weighted by Gasteiger charge is 2.12. The third-order valence-electron chi connectivity index (χ3n) is 4.47. The van der Waals surface area contributed by atoms with Crippen LogP contribution in [0, 0.1) is 0 Å². The molecule has 0 fully saturated rings. The van der Waals surface area contributed by atoms with Gasteiger partial charge in [0.15, 0.2) is 0 Å². The Morgan fingerprint density at radius 1 is 1.11 bits per heavy atom. The average molecular weight is 358 g/mol. The molecule has 0 aliphatic rings. The molecule has 4 rings (SSSR count). The van der Waals surface area contributed by atoms with E-state index in [9.17, 15) is 4.79 Å². The Bertz CT molecular complexity index is 1150. The Hall–Kier alpha value is -3.74. The molecule has 0 aliphatic heterocycles. The van der Waals surface area contributed by atoms with Gasteiger partial charge in [0.25, 0.3) is 0 Å². The maximum atomic E-state index is 11.3. The minimum Gasteiger partial charge on any atom is -0.368 e. The van der Waals surface area contributed by atoms with Crippen LogP contribution in [-0.4, -0.2) is 25.8 Å². The van der Waals surface area contributed by atoms with Crippen LogP contribution in [0.4, 0.5) is 5.95 Å². The summed E-state index contributed by atoms with van der Waals surface area (Å²) in [5.74, 6) is -0.194. The largest absolute Gasteiger partial charge is 0.368 e. The van der Waals surface area contributed by atoms with Crippen molar-refractivity contribution in [3.8, 4) is 22.4 Å². The van der Waals surface area contributed by atoms with Crippen molar-refractivity contribution in [1.29, 1.82) is 0 Å². The molecule has 134 valence electrons. The second kappa shape index (κ2) is 6.53. The molecule has 3 heterocycles. The molecule has 0 saturated carbocycles. The number of amides is 1. The number of nitrogens with one attached hydrogen (secondary N) is 1. The molecule has 3 aromatic heterocycles. The number of aromatic nitrogens is 4. The molecule has 0 spiro atoms. The Morgan fingerprint density at radius 3 is 2.59 bits per heavy atom. The van der Waals surface area contributed by atoms with Crippen LogP contribution in [-0.2, 0) is 6.42 Å². The molecule has 0 saturated heterocycles. The number of rotatable bonds is 4. The quantitative estimate of drug-likeness (QED) is 0.517. The fourth-order valence-electron chi connectivity index (χ4n) is 3.04. The molecule has 1 aromatic carbocycles. The van der Waals surface area contributed by atoms with E-state index in [4.69, 9.17) is 11.5 Å². The first-order valence-corrected chi connectivity index (χ1v) is 8.56. The third-order valence-corrected chi connectivity index (χ3v) is 4.47. The van der Waals surface area contributed by atoms with Gasteiger partial charge in [0.2, 0.25) is 11.9 Å². The van der Waals surface area contributed by atoms with Gasteiger partial charge in [-0.05, 0) is 36.2 Å². The fraction of sp³-hybridized carbons (Fsp3) is 0.100. The Labute approximate surface area is 155 Å². The van der Waals surface area contributed by atoms with E-state index < -0.39 is 5.91 Å². The minimum atomic E-state index is -0.448. The number of anilines is 1. The number of pyridine rings is 1. The summed E-state index contributed by atoms with van der Waals surface area (Å²) in [5, 5.41) is 0.937. The molecule has 5 N–H and O–H groups in total. The van der Waals surface area contributed by atoms with Gasteiger partial charge in [-0.1, -0.05) is 19.1 Å². The van der Waals surface area contributed by atoms with E-state index in [-0.39, 0.29) is 5.95 Å². The lowest BCUT2D eigenvalue weighted by Gasteiger charge is -2.05. The third kappa shape index (κ3) is 3.10. The van der Waals surface area contributed by atoms with Crippen molar-refractivity contribution in [2.24, 2.45) is 5.73 Å². The smallest absolute Gasteiger partial charge is 0.248 e. The molecule has 0 atom stereocenters. The predicted octanol–water partition coefficient (Wildman–Crippen LogP) is 2.93. The monoisotopic (exact) mass is 358 g/mol. The van der Waals surface area contributed by atoms with E-state index in [1.807, 2.05) is 37.4 Å². The van der Waals surface area contributed by atoms with Gasteiger partial charge in [0.05, 0.1) is 5.69 Å². The van der Waals surface area contributed by atoms with Crippen molar-refractivity contribution in [2.45, 2.75) is 13.3 Å². The molecular formula is C20H18N6O. The van der Waals surface area contributed by atoms with Crippen LogP contribution in [0.1, 0.15) is 23.0 Å². The van der Waals surface area contributed by atoms with Crippen LogP contribution in [0.15, 0.2) is 48.8 Å². The number of aryl methyl sites for hydroxylation is 1. The summed E-state index contributed by atoms with van der Waals surface area (Å²) in [7, 11) is 0. The average Bonchev–Trinajstić information content (AvgIpc) is 3.10. The number of H-pyrrole nitrogens is 1. The molecule has 7 nitrogen and oxygen atoms in total. The van der Waals surface area contributed by atoms with Crippen LogP contribution in [0.5, 0.6) is 0 Å². The molecule has 0 unspecified atom stereocenters. The van der Waals surface area contributed by atoms with Gasteiger partial charge in [-0.25, -0.2) is 15.0 Å². The Morgan fingerprint density at radius 2 is 1.89 bits per heavy atom. The van der Waals surface area contributed by atoms with E-state index in [0.717, 1.165) is 45.5 Å². The molecule has 4 aromatic rings. The number of primary amides is 1. The summed E-state index contributed by atoms with van der Waals surface area (Å²) in [6.45, 7) is 2.02. The molecular weight excluding hydrogens is 340 g/mol. The van der Waals surface area contributed by atoms with Gasteiger partial charge in [-0.3, -0.25) is 4.79 Å². The highest BCUT2D eigenvalue weighted by Crippen LogP contribution is 2.30. The van der Waals surface area contributed by atoms with E-state index in [1.165, 1.54) is 0 Å². The van der Waals surface area contributed by atoms with Crippen molar-refractivity contribution in [1.82, 2.24) is 19.9 Å². The number of hydrogen-bond acceptors (Lipinski definition) is 5. The predicted molar refractivity (Wildman–Crippen MR) is 105 cm³/mol. The number of hydrogen-bond donors (Lipinski definition) is 3. The van der Waals surface area contributed by atoms with E-state index in [2.05, 4.69) is 19.9 Å². The van der Waals surface area contributed by atoms with Crippen molar-refractivity contribution >= 4 is 22.9 Å². The topological polar surface area (TPSA) is 124 Å². The molecule has 0 aliphatic carbocycles. The fourth-order valence-corrected chi connectivity index (χ4v) is 3.04. The number of benzene rings is 1. The first-order chi connectivity index (χ1) is 13.0. The number of aromatic amines is 1. The number of nitrogen functional groups attached to an aromatic ring is 1. The number of carbonyl (C=O) groups is 1. The molecule has 7 heteroatoms. The highest BCUT2D eigenvalue weighted by molar-refractivity contribution is 5.96. The minimum absolute atomic E-state index is 0.254. The second-order valence-corrected chi connectivity index (χ2v) is 6.22. The zero-order valence-electron chi connectivity index (χ0n) is 14.7. The van der Waals surface area contributed by atoms with Crippen LogP contribution < -0.4 is 11.5 Å². The van der Waals surface area contributed by atoms with E-state index >= 15 is 0 Å². The van der Waals surface area contributed by atoms with Crippen molar-refractivity contribution in [3.05, 3.63) is 60.0 Å². The zero-order valence-corrected chi connectivity index (χ0v) is 14.7. The Kier molecular flexibility index (Phi) is 4.04. The lowest BCUT2D eigenvalue weighted by Crippen LogP contribution is -2.10. The lowest BCUT2D eigenvalue weighted by molar-refractivity contribution is 0.100. The molecule has 0 radical (unpaired) electrons. The summed E-state index contributed by atoms with van der Waals surface area (Å²) in [4.78, 5) is 27.5. The van der Waals surface area contributed by atoms with Crippen molar-refractivity contribution < 1.29 is 4.79 Å². The highest BCUT2D eigenvalue weighted by atomic mass is 16.1. The number of carbonyl (C=O) groups excluding carboxylic acids is 1. The number of nitrogens with two attached hydrogens (primary N) is 2. The summed E-state index contributed by atoms with van der Waals surface area (Å²) in [6.07, 6.45) is 4.43. The number of fused-ring (bicyclic) bond motifs is 1. The van der Waals surface area contributed by atoms with Crippen molar-refractivity contribution in [3.63, 3.8) is 0 Å². The summed E-state index contributed by atoms with van der Waals surface area (Å²) in [6, 6.07) is 11.1. The SMILES string of the molecule is CCc1cc(-c2c[nH]c3ncc(-c4ccc(C(N)=O)cc4)cc23)nc(N)n1. The maximum absolute atomic E-state index is 11.3. The molecule has 0 bridgehead atoms. The van der Waals surface area contributed by atoms with Gasteiger partial charge in [-0.2, -0.15) is 0 Å². The summed E-state index contributed by atoms with van der Waals surface area (Å²) >= 11 is 0. The van der Waals surface area contributed by atoms with Gasteiger partial charge >= 0.3 is 0 Å². The Balaban J connectivity index is 1.82. The first-order valence-electron chi connectivity index (χ1n) is 8.56. The second-order valence-electron chi connectivity index (χ2n) is 6.22. The summed E-state index contributed by atoms with van der Waals surface area (Å²) in [5.41, 5.74) is 16.8. The van der Waals surface area contributed by atoms with Crippen LogP contribution in [0.3, 0.4) is 0 Å². The zero-order chi connectivity index (χ0) is 19.0. The number of nitrogens with zero attached hydrogens (tertiary/aromatic N) is 3. The maximum Gasteiger partial charge on any atom is 0.248 e. The van der Waals surface area contributed by atoms with Gasteiger partial charge in [-0.15, -0.1) is 0 Å².